The number of anilines is 3. The number of benzene rings is 1. The van der Waals surface area contributed by atoms with Gasteiger partial charge in [0.25, 0.3) is 5.56 Å². The minimum absolute atomic E-state index is 0.237. The minimum atomic E-state index is -1.76. The van der Waals surface area contributed by atoms with Crippen molar-refractivity contribution in [2.45, 2.75) is 56.8 Å². The highest BCUT2D eigenvalue weighted by Crippen LogP contribution is 2.60. The third-order valence-electron chi connectivity index (χ3n) is 9.66. The molecule has 1 aromatic carbocycles. The lowest BCUT2D eigenvalue weighted by molar-refractivity contribution is 0.0264. The van der Waals surface area contributed by atoms with E-state index in [1.54, 1.807) is 10.8 Å². The summed E-state index contributed by atoms with van der Waals surface area (Å²) in [6.07, 6.45) is 5.92. The van der Waals surface area contributed by atoms with Crippen molar-refractivity contribution in [3.63, 3.8) is 0 Å². The first-order valence-electron chi connectivity index (χ1n) is 14.9. The van der Waals surface area contributed by atoms with Crippen LogP contribution < -0.4 is 15.8 Å². The molecule has 41 heavy (non-hydrogen) atoms. The Labute approximate surface area is 239 Å². The quantitative estimate of drug-likeness (QED) is 0.351. The molecule has 5 aliphatic rings. The number of piperazine rings is 1. The molecular formula is C31H34N8O2. The molecule has 3 aromatic heterocycles. The molecule has 2 bridgehead atoms. The first kappa shape index (κ1) is 23.7. The Hall–Kier alpha value is -4.02. The highest BCUT2D eigenvalue weighted by molar-refractivity contribution is 5.77. The van der Waals surface area contributed by atoms with Crippen molar-refractivity contribution in [2.24, 2.45) is 5.41 Å². The second-order valence-electron chi connectivity index (χ2n) is 12.0. The Morgan fingerprint density at radius 1 is 1.15 bits per heavy atom. The van der Waals surface area contributed by atoms with E-state index in [4.69, 9.17) is 11.3 Å². The van der Waals surface area contributed by atoms with Crippen LogP contribution in [-0.4, -0.2) is 66.5 Å². The summed E-state index contributed by atoms with van der Waals surface area (Å²) in [5.41, 5.74) is 3.00. The zero-order valence-electron chi connectivity index (χ0n) is 24.1. The highest BCUT2D eigenvalue weighted by Gasteiger charge is 2.52. The van der Waals surface area contributed by atoms with Gasteiger partial charge in [-0.2, -0.15) is 4.98 Å². The van der Waals surface area contributed by atoms with Crippen LogP contribution in [-0.2, 0) is 13.0 Å². The number of aliphatic hydroxyl groups is 1. The first-order valence-corrected chi connectivity index (χ1v) is 14.4. The first-order chi connectivity index (χ1) is 20.3. The molecule has 1 spiro atoms. The number of allylic oxidation sites excluding steroid dienone is 1. The number of hydrogen-bond donors (Lipinski definition) is 2. The van der Waals surface area contributed by atoms with Crippen molar-refractivity contribution in [2.75, 3.05) is 30.4 Å². The second-order valence-corrected chi connectivity index (χ2v) is 12.0. The van der Waals surface area contributed by atoms with Crippen LogP contribution in [0.25, 0.3) is 16.9 Å². The summed E-state index contributed by atoms with van der Waals surface area (Å²) in [5, 5.41) is 14.9. The third-order valence-corrected chi connectivity index (χ3v) is 9.66. The van der Waals surface area contributed by atoms with E-state index in [2.05, 4.69) is 45.9 Å². The predicted octanol–water partition coefficient (Wildman–Crippen LogP) is 3.56. The van der Waals surface area contributed by atoms with E-state index in [1.165, 1.54) is 23.0 Å². The summed E-state index contributed by atoms with van der Waals surface area (Å²) < 4.78 is 12.0. The lowest BCUT2D eigenvalue weighted by Gasteiger charge is -2.55. The number of fused-ring (bicyclic) bond motifs is 4. The third kappa shape index (κ3) is 3.84. The number of nitrogens with one attached hydrogen (secondary N) is 1. The number of likely N-dealkylation sites (N-methyl/N-ethyl adjacent to an activating group) is 1. The lowest BCUT2D eigenvalue weighted by Crippen LogP contribution is -2.67. The van der Waals surface area contributed by atoms with E-state index in [0.717, 1.165) is 50.0 Å². The van der Waals surface area contributed by atoms with Crippen LogP contribution in [0.3, 0.4) is 0 Å². The maximum Gasteiger partial charge on any atom is 0.278 e. The van der Waals surface area contributed by atoms with Crippen molar-refractivity contribution in [1.82, 2.24) is 29.2 Å². The van der Waals surface area contributed by atoms with Crippen LogP contribution >= 0.6 is 0 Å². The average molecular weight is 552 g/mol. The summed E-state index contributed by atoms with van der Waals surface area (Å²) in [4.78, 5) is 32.3. The van der Waals surface area contributed by atoms with E-state index in [0.29, 0.717) is 40.6 Å². The van der Waals surface area contributed by atoms with Crippen molar-refractivity contribution < 1.29 is 6.48 Å². The molecule has 1 saturated carbocycles. The van der Waals surface area contributed by atoms with Gasteiger partial charge >= 0.3 is 0 Å². The summed E-state index contributed by atoms with van der Waals surface area (Å²) in [6, 6.07) is 13.3. The van der Waals surface area contributed by atoms with E-state index < -0.39 is 11.5 Å². The van der Waals surface area contributed by atoms with Gasteiger partial charge in [-0.15, -0.1) is 6.58 Å². The van der Waals surface area contributed by atoms with Gasteiger partial charge in [0.1, 0.15) is 11.5 Å². The monoisotopic (exact) mass is 551 g/mol. The van der Waals surface area contributed by atoms with Crippen molar-refractivity contribution in [1.29, 1.82) is 0 Å². The van der Waals surface area contributed by atoms with Gasteiger partial charge in [-0.05, 0) is 75.0 Å². The molecule has 4 fully saturated rings. The molecule has 4 aromatic rings. The Morgan fingerprint density at radius 3 is 2.63 bits per heavy atom. The van der Waals surface area contributed by atoms with Gasteiger partial charge in [0, 0.05) is 48.2 Å². The van der Waals surface area contributed by atoms with Crippen molar-refractivity contribution in [3.8, 4) is 5.82 Å². The fourth-order valence-corrected chi connectivity index (χ4v) is 6.88. The van der Waals surface area contributed by atoms with Gasteiger partial charge in [0.05, 0.1) is 13.6 Å². The zero-order chi connectivity index (χ0) is 28.8. The molecule has 2 N–H and O–H groups in total. The molecule has 3 atom stereocenters. The predicted molar refractivity (Wildman–Crippen MR) is 158 cm³/mol. The standard InChI is InChI=1S/C31H34N8O2/c1-3-14-38-29(41)24-16-32-30(33-20-5-7-21(8-6-20)37-17-22-15-23(18-37)36(22)2)35-28(24)39(38)25-9-4-19-10-11-31(12-13-31)27(40)26(19)34-25/h3-9,16,22-23,27,40H,1,10-15,17-18H2,2H3,(H,32,33,35)/t22?,23?,27-/m1/s1/i27D. The molecule has 0 amide bonds. The maximum absolute atomic E-state index is 13.4. The van der Waals surface area contributed by atoms with Gasteiger partial charge in [-0.1, -0.05) is 12.1 Å². The number of nitrogens with zero attached hydrogens (tertiary/aromatic N) is 7. The number of hydrogen-bond acceptors (Lipinski definition) is 8. The summed E-state index contributed by atoms with van der Waals surface area (Å²) in [7, 11) is 2.21. The fourth-order valence-electron chi connectivity index (χ4n) is 6.88. The van der Waals surface area contributed by atoms with Crippen LogP contribution in [0.5, 0.6) is 0 Å². The number of aromatic nitrogens is 5. The van der Waals surface area contributed by atoms with Crippen LogP contribution in [0.1, 0.15) is 44.4 Å². The van der Waals surface area contributed by atoms with E-state index >= 15 is 0 Å². The molecule has 9 rings (SSSR count). The maximum atomic E-state index is 13.4. The molecule has 3 aliphatic heterocycles. The Balaban J connectivity index is 1.14. The molecule has 2 unspecified atom stereocenters. The van der Waals surface area contributed by atoms with Crippen molar-refractivity contribution in [3.05, 3.63) is 76.9 Å². The van der Waals surface area contributed by atoms with E-state index in [1.807, 2.05) is 24.3 Å². The molecule has 10 heteroatoms. The molecule has 6 heterocycles. The van der Waals surface area contributed by atoms with Gasteiger partial charge < -0.3 is 15.3 Å². The molecule has 2 aliphatic carbocycles. The molecule has 10 nitrogen and oxygen atoms in total. The zero-order valence-corrected chi connectivity index (χ0v) is 23.1. The smallest absolute Gasteiger partial charge is 0.278 e. The van der Waals surface area contributed by atoms with Gasteiger partial charge in [0.2, 0.25) is 5.95 Å². The molecule has 0 radical (unpaired) electrons. The lowest BCUT2D eigenvalue weighted by atomic mass is 9.82. The van der Waals surface area contributed by atoms with Gasteiger partial charge in [0.15, 0.2) is 11.5 Å². The normalized spacial score (nSPS) is 26.4. The van der Waals surface area contributed by atoms with Crippen molar-refractivity contribution >= 4 is 28.4 Å². The number of rotatable bonds is 6. The van der Waals surface area contributed by atoms with Crippen LogP contribution in [0.2, 0.25) is 0 Å². The molecule has 3 saturated heterocycles. The Morgan fingerprint density at radius 2 is 1.93 bits per heavy atom. The summed E-state index contributed by atoms with van der Waals surface area (Å²) in [6.45, 7) is 6.17. The fraction of sp³-hybridized carbons (Fsp3) is 0.419. The topological polar surface area (TPSA) is 104 Å². The highest BCUT2D eigenvalue weighted by atomic mass is 16.3. The Kier molecular flexibility index (Phi) is 5.19. The average Bonchev–Trinajstić information content (AvgIpc) is 3.76. The van der Waals surface area contributed by atoms with Crippen LogP contribution in [0.4, 0.5) is 17.3 Å². The van der Waals surface area contributed by atoms with Crippen LogP contribution in [0, 0.1) is 5.41 Å². The number of piperidine rings is 1. The molecular weight excluding hydrogens is 516 g/mol. The SMILES string of the molecule is [2H][C@@]1(O)c2nc(-n3c4nc(Nc5ccc(N6CC7CC(C6)N7C)cc5)ncc4c(=O)n3CC=C)ccc2CCC12CC2. The summed E-state index contributed by atoms with van der Waals surface area (Å²) >= 11 is 0. The Bertz CT molecular complexity index is 1780. The molecule has 210 valence electrons. The number of aryl methyl sites for hydroxylation is 1. The summed E-state index contributed by atoms with van der Waals surface area (Å²) in [5.74, 6) is 0.776. The minimum Gasteiger partial charge on any atom is -0.386 e. The van der Waals surface area contributed by atoms with E-state index in [-0.39, 0.29) is 12.1 Å². The van der Waals surface area contributed by atoms with Gasteiger partial charge in [-0.3, -0.25) is 9.69 Å². The van der Waals surface area contributed by atoms with E-state index in [9.17, 15) is 9.90 Å². The second kappa shape index (κ2) is 8.99. The van der Waals surface area contributed by atoms with Gasteiger partial charge in [-0.25, -0.2) is 19.3 Å². The largest absolute Gasteiger partial charge is 0.386 e. The van der Waals surface area contributed by atoms with Crippen LogP contribution in [0.15, 0.2) is 60.0 Å². The number of pyridine rings is 1.